The van der Waals surface area contributed by atoms with E-state index in [0.29, 0.717) is 5.78 Å². The Balaban J connectivity index is 2.07. The van der Waals surface area contributed by atoms with Crippen molar-refractivity contribution in [2.75, 3.05) is 0 Å². The first-order valence-corrected chi connectivity index (χ1v) is 5.52. The van der Waals surface area contributed by atoms with E-state index in [1.165, 1.54) is 37.7 Å². The van der Waals surface area contributed by atoms with Crippen LogP contribution in [0.25, 0.3) is 0 Å². The van der Waals surface area contributed by atoms with E-state index in [9.17, 15) is 4.79 Å². The van der Waals surface area contributed by atoms with Crippen LogP contribution < -0.4 is 0 Å². The van der Waals surface area contributed by atoms with Crippen LogP contribution in [0, 0.1) is 0 Å². The zero-order valence-corrected chi connectivity index (χ0v) is 8.64. The Kier molecular flexibility index (Phi) is 4.81. The predicted octanol–water partition coefficient (Wildman–Crippen LogP) is 3.64. The summed E-state index contributed by atoms with van der Waals surface area (Å²) in [4.78, 5) is 10.9. The van der Waals surface area contributed by atoms with Gasteiger partial charge in [0.25, 0.3) is 0 Å². The summed E-state index contributed by atoms with van der Waals surface area (Å²) >= 11 is 0. The topological polar surface area (TPSA) is 17.1 Å². The summed E-state index contributed by atoms with van der Waals surface area (Å²) in [5.74, 6) is 0.430. The summed E-state index contributed by atoms with van der Waals surface area (Å²) in [7, 11) is 0. The minimum Gasteiger partial charge on any atom is -0.299 e. The van der Waals surface area contributed by atoms with Gasteiger partial charge in [0.15, 0.2) is 0 Å². The van der Waals surface area contributed by atoms with Crippen molar-refractivity contribution < 1.29 is 4.79 Å². The lowest BCUT2D eigenvalue weighted by molar-refractivity contribution is -0.117. The van der Waals surface area contributed by atoms with Crippen LogP contribution in [0.5, 0.6) is 0 Å². The highest BCUT2D eigenvalue weighted by molar-refractivity contribution is 5.84. The van der Waals surface area contributed by atoms with Crippen molar-refractivity contribution in [1.29, 1.82) is 0 Å². The van der Waals surface area contributed by atoms with Crippen LogP contribution in [0.1, 0.15) is 58.3 Å². The normalized spacial score (nSPS) is 20.1. The Morgan fingerprint density at radius 3 is 2.69 bits per heavy atom. The molecule has 74 valence electrons. The maximum atomic E-state index is 10.9. The molecular formula is C12H20O. The maximum Gasteiger partial charge on any atom is 0.137 e. The van der Waals surface area contributed by atoms with E-state index in [1.54, 1.807) is 0 Å². The number of unbranched alkanes of at least 4 members (excludes halogenated alkanes) is 4. The molecule has 0 radical (unpaired) electrons. The predicted molar refractivity (Wildman–Crippen MR) is 55.7 cm³/mol. The zero-order valence-electron chi connectivity index (χ0n) is 8.64. The van der Waals surface area contributed by atoms with E-state index in [1.807, 2.05) is 0 Å². The number of Topliss-reactive ketones (excluding diaryl/α,β-unsaturated/α-hetero) is 1. The molecular weight excluding hydrogens is 160 g/mol. The average Bonchev–Trinajstić information content (AvgIpc) is 2.51. The highest BCUT2D eigenvalue weighted by Crippen LogP contribution is 2.21. The maximum absolute atomic E-state index is 10.9. The van der Waals surface area contributed by atoms with Gasteiger partial charge in [-0.3, -0.25) is 4.79 Å². The quantitative estimate of drug-likeness (QED) is 0.466. The van der Waals surface area contributed by atoms with Crippen LogP contribution in [0.15, 0.2) is 11.6 Å². The van der Waals surface area contributed by atoms with Crippen LogP contribution in [-0.4, -0.2) is 5.78 Å². The van der Waals surface area contributed by atoms with Crippen LogP contribution in [-0.2, 0) is 4.79 Å². The monoisotopic (exact) mass is 180 g/mol. The Labute approximate surface area is 81.2 Å². The molecule has 0 aromatic heterocycles. The molecule has 1 nitrogen and oxygen atoms in total. The van der Waals surface area contributed by atoms with Crippen molar-refractivity contribution >= 4 is 5.78 Å². The van der Waals surface area contributed by atoms with Gasteiger partial charge in [0.05, 0.1) is 0 Å². The number of ketones is 1. The van der Waals surface area contributed by atoms with Gasteiger partial charge in [-0.05, 0) is 19.3 Å². The molecule has 0 aromatic carbocycles. The third kappa shape index (κ3) is 4.25. The highest BCUT2D eigenvalue weighted by Gasteiger charge is 2.14. The second kappa shape index (κ2) is 5.95. The molecule has 1 fully saturated rings. The second-order valence-electron chi connectivity index (χ2n) is 3.93. The summed E-state index contributed by atoms with van der Waals surface area (Å²) in [5.41, 5.74) is 1.39. The molecule has 0 heterocycles. The van der Waals surface area contributed by atoms with Crippen LogP contribution in [0.3, 0.4) is 0 Å². The smallest absolute Gasteiger partial charge is 0.137 e. The van der Waals surface area contributed by atoms with Crippen LogP contribution in [0.4, 0.5) is 0 Å². The lowest BCUT2D eigenvalue weighted by Crippen LogP contribution is -1.83. The minimum absolute atomic E-state index is 0.430. The Morgan fingerprint density at radius 2 is 2.08 bits per heavy atom. The van der Waals surface area contributed by atoms with Crippen molar-refractivity contribution in [1.82, 2.24) is 0 Å². The molecule has 0 unspecified atom stereocenters. The molecule has 0 spiro atoms. The molecule has 1 rings (SSSR count). The fourth-order valence-corrected chi connectivity index (χ4v) is 1.78. The number of carbonyl (C=O) groups is 1. The summed E-state index contributed by atoms with van der Waals surface area (Å²) < 4.78 is 0. The summed E-state index contributed by atoms with van der Waals surface area (Å²) in [6, 6.07) is 0. The number of carbonyl (C=O) groups excluding carboxylic acids is 1. The molecule has 1 heteroatoms. The molecule has 0 N–H and O–H groups in total. The highest BCUT2D eigenvalue weighted by atomic mass is 16.1. The molecule has 0 bridgehead atoms. The van der Waals surface area contributed by atoms with Gasteiger partial charge in [-0.2, -0.15) is 0 Å². The third-order valence-corrected chi connectivity index (χ3v) is 2.64. The van der Waals surface area contributed by atoms with Gasteiger partial charge >= 0.3 is 0 Å². The van der Waals surface area contributed by atoms with Crippen molar-refractivity contribution in [2.45, 2.75) is 58.3 Å². The molecule has 1 aliphatic carbocycles. The van der Waals surface area contributed by atoms with Crippen molar-refractivity contribution in [2.24, 2.45) is 0 Å². The molecule has 0 aromatic rings. The fraction of sp³-hybridized carbons (Fsp3) is 0.750. The first-order chi connectivity index (χ1) is 6.33. The zero-order chi connectivity index (χ0) is 9.52. The van der Waals surface area contributed by atoms with E-state index < -0.39 is 0 Å². The SMILES string of the molecule is CCCCCC/C=C1/CCC(=O)C1. The standard InChI is InChI=1S/C12H20O/c1-2-3-4-5-6-7-11-8-9-12(13)10-11/h7H,2-6,8-10H2,1H3/b11-7-. The van der Waals surface area contributed by atoms with Gasteiger partial charge in [0.1, 0.15) is 5.78 Å². The van der Waals surface area contributed by atoms with Gasteiger partial charge in [-0.1, -0.05) is 37.8 Å². The third-order valence-electron chi connectivity index (χ3n) is 2.64. The lowest BCUT2D eigenvalue weighted by Gasteiger charge is -1.96. The van der Waals surface area contributed by atoms with Crippen LogP contribution in [0.2, 0.25) is 0 Å². The summed E-state index contributed by atoms with van der Waals surface area (Å²) in [6.07, 6.45) is 11.3. The van der Waals surface area contributed by atoms with Crippen molar-refractivity contribution in [3.8, 4) is 0 Å². The Bertz CT molecular complexity index is 191. The first-order valence-electron chi connectivity index (χ1n) is 5.52. The molecule has 0 aliphatic heterocycles. The van der Waals surface area contributed by atoms with E-state index in [0.717, 1.165) is 19.3 Å². The van der Waals surface area contributed by atoms with Gasteiger partial charge < -0.3 is 0 Å². The van der Waals surface area contributed by atoms with E-state index in [-0.39, 0.29) is 0 Å². The molecule has 1 saturated carbocycles. The lowest BCUT2D eigenvalue weighted by atomic mass is 10.1. The Morgan fingerprint density at radius 1 is 1.23 bits per heavy atom. The minimum atomic E-state index is 0.430. The average molecular weight is 180 g/mol. The molecule has 13 heavy (non-hydrogen) atoms. The van der Waals surface area contributed by atoms with Gasteiger partial charge in [0, 0.05) is 12.8 Å². The van der Waals surface area contributed by atoms with Crippen molar-refractivity contribution in [3.63, 3.8) is 0 Å². The van der Waals surface area contributed by atoms with Gasteiger partial charge in [-0.25, -0.2) is 0 Å². The van der Waals surface area contributed by atoms with Crippen LogP contribution >= 0.6 is 0 Å². The summed E-state index contributed by atoms with van der Waals surface area (Å²) in [5, 5.41) is 0. The number of hydrogen-bond donors (Lipinski definition) is 0. The molecule has 0 atom stereocenters. The molecule has 1 aliphatic rings. The van der Waals surface area contributed by atoms with Crippen molar-refractivity contribution in [3.05, 3.63) is 11.6 Å². The second-order valence-corrected chi connectivity index (χ2v) is 3.93. The number of hydrogen-bond acceptors (Lipinski definition) is 1. The number of allylic oxidation sites excluding steroid dienone is 2. The summed E-state index contributed by atoms with van der Waals surface area (Å²) in [6.45, 7) is 2.23. The molecule has 0 amide bonds. The van der Waals surface area contributed by atoms with Gasteiger partial charge in [0.2, 0.25) is 0 Å². The van der Waals surface area contributed by atoms with E-state index >= 15 is 0 Å². The Hall–Kier alpha value is -0.590. The fourth-order valence-electron chi connectivity index (χ4n) is 1.78. The first kappa shape index (κ1) is 10.5. The van der Waals surface area contributed by atoms with E-state index in [4.69, 9.17) is 0 Å². The van der Waals surface area contributed by atoms with Gasteiger partial charge in [-0.15, -0.1) is 0 Å². The number of rotatable bonds is 5. The largest absolute Gasteiger partial charge is 0.299 e. The van der Waals surface area contributed by atoms with E-state index in [2.05, 4.69) is 13.0 Å². The molecule has 0 saturated heterocycles.